The van der Waals surface area contributed by atoms with Crippen LogP contribution in [0.15, 0.2) is 79.8 Å². The van der Waals surface area contributed by atoms with Crippen molar-refractivity contribution in [1.29, 1.82) is 0 Å². The number of anilines is 3. The lowest BCUT2D eigenvalue weighted by Crippen LogP contribution is -2.42. The Morgan fingerprint density at radius 3 is 2.76 bits per heavy atom. The van der Waals surface area contributed by atoms with Gasteiger partial charge in [-0.05, 0) is 67.4 Å². The number of benzene rings is 2. The Balaban J connectivity index is 1.32. The van der Waals surface area contributed by atoms with Crippen LogP contribution in [0.4, 0.5) is 17.2 Å². The molecule has 4 aromatic rings. The number of hydrogen-bond donors (Lipinski definition) is 2. The van der Waals surface area contributed by atoms with Gasteiger partial charge in [-0.15, -0.1) is 0 Å². The van der Waals surface area contributed by atoms with E-state index in [-0.39, 0.29) is 11.8 Å². The number of nitrogens with zero attached hydrogens (tertiary/aromatic N) is 4. The van der Waals surface area contributed by atoms with Crippen LogP contribution >= 0.6 is 11.6 Å². The Morgan fingerprint density at radius 1 is 1.11 bits per heavy atom. The molecule has 2 aromatic carbocycles. The van der Waals surface area contributed by atoms with E-state index in [4.69, 9.17) is 16.3 Å². The zero-order chi connectivity index (χ0) is 26.5. The first-order valence-electron chi connectivity index (χ1n) is 12.1. The van der Waals surface area contributed by atoms with Gasteiger partial charge in [0.05, 0.1) is 16.2 Å². The summed E-state index contributed by atoms with van der Waals surface area (Å²) in [5.74, 6) is 0.606. The standard InChI is InChI=1S/C28H25ClN6O3/c1-2-26(36)35-13-5-7-24(35)28(37)34-18-8-10-23-21(14-18)27(32-17-31-23)33-19-9-11-25(22(29)15-19)38-16-20-6-3-4-12-30-20/h2-4,6,8-12,14-15,17,24H,1,5,7,13,16H2,(H,34,37)(H,31,32,33)/t24-/m0/s1. The van der Waals surface area contributed by atoms with E-state index in [0.717, 1.165) is 12.1 Å². The Hall–Kier alpha value is -4.50. The summed E-state index contributed by atoms with van der Waals surface area (Å²) in [5, 5.41) is 7.35. The van der Waals surface area contributed by atoms with Crippen LogP contribution < -0.4 is 15.4 Å². The summed E-state index contributed by atoms with van der Waals surface area (Å²) in [7, 11) is 0. The van der Waals surface area contributed by atoms with Crippen LogP contribution in [0.2, 0.25) is 5.02 Å². The van der Waals surface area contributed by atoms with Crippen LogP contribution in [0, 0.1) is 0 Å². The summed E-state index contributed by atoms with van der Waals surface area (Å²) >= 11 is 6.47. The van der Waals surface area contributed by atoms with E-state index in [1.54, 1.807) is 41.4 Å². The highest BCUT2D eigenvalue weighted by atomic mass is 35.5. The molecule has 1 fully saturated rings. The predicted octanol–water partition coefficient (Wildman–Crippen LogP) is 5.12. The number of rotatable bonds is 8. The van der Waals surface area contributed by atoms with E-state index in [1.165, 1.54) is 12.4 Å². The fraction of sp³-hybridized carbons (Fsp3) is 0.179. The third-order valence-corrected chi connectivity index (χ3v) is 6.51. The van der Waals surface area contributed by atoms with Crippen molar-refractivity contribution in [2.75, 3.05) is 17.2 Å². The molecule has 0 bridgehead atoms. The van der Waals surface area contributed by atoms with Gasteiger partial charge in [0.15, 0.2) is 0 Å². The third kappa shape index (κ3) is 5.57. The van der Waals surface area contributed by atoms with Crippen LogP contribution in [0.3, 0.4) is 0 Å². The number of carbonyl (C=O) groups excluding carboxylic acids is 2. The van der Waals surface area contributed by atoms with Crippen LogP contribution in [0.25, 0.3) is 10.9 Å². The molecule has 0 unspecified atom stereocenters. The minimum absolute atomic E-state index is 0.239. The SMILES string of the molecule is C=CC(=O)N1CCC[C@H]1C(=O)Nc1ccc2ncnc(Nc3ccc(OCc4ccccn4)c(Cl)c3)c2c1. The maximum absolute atomic E-state index is 13.0. The number of carbonyl (C=O) groups is 2. The van der Waals surface area contributed by atoms with Gasteiger partial charge in [-0.25, -0.2) is 9.97 Å². The van der Waals surface area contributed by atoms with Crippen molar-refractivity contribution in [3.63, 3.8) is 0 Å². The minimum Gasteiger partial charge on any atom is -0.486 e. The quantitative estimate of drug-likeness (QED) is 0.306. The number of likely N-dealkylation sites (tertiary alicyclic amines) is 1. The highest BCUT2D eigenvalue weighted by Gasteiger charge is 2.33. The smallest absolute Gasteiger partial charge is 0.247 e. The number of aromatic nitrogens is 3. The average molecular weight is 529 g/mol. The van der Waals surface area contributed by atoms with Crippen molar-refractivity contribution in [3.05, 3.63) is 90.5 Å². The van der Waals surface area contributed by atoms with Gasteiger partial charge in [0.25, 0.3) is 0 Å². The highest BCUT2D eigenvalue weighted by molar-refractivity contribution is 6.32. The van der Waals surface area contributed by atoms with Gasteiger partial charge in [-0.2, -0.15) is 0 Å². The second kappa shape index (κ2) is 11.3. The lowest BCUT2D eigenvalue weighted by molar-refractivity contribution is -0.132. The molecule has 0 aliphatic carbocycles. The molecule has 1 aliphatic heterocycles. The molecule has 38 heavy (non-hydrogen) atoms. The van der Waals surface area contributed by atoms with E-state index in [0.29, 0.717) is 58.4 Å². The van der Waals surface area contributed by atoms with E-state index in [2.05, 4.69) is 32.2 Å². The Bertz CT molecular complexity index is 1500. The van der Waals surface area contributed by atoms with E-state index >= 15 is 0 Å². The van der Waals surface area contributed by atoms with Crippen LogP contribution in [0.1, 0.15) is 18.5 Å². The number of ether oxygens (including phenoxy) is 1. The van der Waals surface area contributed by atoms with Crippen molar-refractivity contribution in [3.8, 4) is 5.75 Å². The van der Waals surface area contributed by atoms with Gasteiger partial charge in [-0.1, -0.05) is 24.2 Å². The molecule has 0 spiro atoms. The van der Waals surface area contributed by atoms with Crippen molar-refractivity contribution in [2.24, 2.45) is 0 Å². The molecule has 1 saturated heterocycles. The largest absolute Gasteiger partial charge is 0.486 e. The molecule has 1 atom stereocenters. The van der Waals surface area contributed by atoms with Crippen molar-refractivity contribution in [2.45, 2.75) is 25.5 Å². The summed E-state index contributed by atoms with van der Waals surface area (Å²) in [5.41, 5.74) is 2.79. The first-order chi connectivity index (χ1) is 18.5. The molecule has 2 amide bonds. The minimum atomic E-state index is -0.527. The van der Waals surface area contributed by atoms with Gasteiger partial charge < -0.3 is 20.3 Å². The van der Waals surface area contributed by atoms with Gasteiger partial charge in [-0.3, -0.25) is 14.6 Å². The predicted molar refractivity (Wildman–Crippen MR) is 146 cm³/mol. The van der Waals surface area contributed by atoms with Crippen LogP contribution in [-0.4, -0.2) is 44.3 Å². The number of halogens is 1. The number of pyridine rings is 1. The summed E-state index contributed by atoms with van der Waals surface area (Å²) in [6.07, 6.45) is 5.79. The normalized spacial score (nSPS) is 14.8. The fourth-order valence-corrected chi connectivity index (χ4v) is 4.58. The number of amides is 2. The molecule has 2 N–H and O–H groups in total. The first-order valence-corrected chi connectivity index (χ1v) is 12.5. The zero-order valence-corrected chi connectivity index (χ0v) is 21.2. The molecule has 2 aromatic heterocycles. The average Bonchev–Trinajstić information content (AvgIpc) is 3.43. The fourth-order valence-electron chi connectivity index (χ4n) is 4.35. The molecule has 9 nitrogen and oxygen atoms in total. The Kier molecular flexibility index (Phi) is 7.46. The lowest BCUT2D eigenvalue weighted by Gasteiger charge is -2.22. The monoisotopic (exact) mass is 528 g/mol. The van der Waals surface area contributed by atoms with E-state index in [9.17, 15) is 9.59 Å². The summed E-state index contributed by atoms with van der Waals surface area (Å²) in [6, 6.07) is 15.8. The molecule has 192 valence electrons. The van der Waals surface area contributed by atoms with Crippen LogP contribution in [0.5, 0.6) is 5.75 Å². The molecule has 5 rings (SSSR count). The number of fused-ring (bicyclic) bond motifs is 1. The summed E-state index contributed by atoms with van der Waals surface area (Å²) in [6.45, 7) is 4.38. The van der Waals surface area contributed by atoms with Gasteiger partial charge in [0.1, 0.15) is 30.5 Å². The van der Waals surface area contributed by atoms with Gasteiger partial charge >= 0.3 is 0 Å². The molecule has 10 heteroatoms. The van der Waals surface area contributed by atoms with Crippen molar-refractivity contribution >= 4 is 51.5 Å². The second-order valence-corrected chi connectivity index (χ2v) is 9.12. The molecular formula is C28H25ClN6O3. The maximum atomic E-state index is 13.0. The van der Waals surface area contributed by atoms with Gasteiger partial charge in [0, 0.05) is 29.5 Å². The van der Waals surface area contributed by atoms with Gasteiger partial charge in [0.2, 0.25) is 11.8 Å². The number of hydrogen-bond acceptors (Lipinski definition) is 7. The lowest BCUT2D eigenvalue weighted by atomic mass is 10.1. The van der Waals surface area contributed by atoms with Crippen molar-refractivity contribution < 1.29 is 14.3 Å². The highest BCUT2D eigenvalue weighted by Crippen LogP contribution is 2.31. The Labute approximate surface area is 224 Å². The van der Waals surface area contributed by atoms with E-state index < -0.39 is 6.04 Å². The van der Waals surface area contributed by atoms with E-state index in [1.807, 2.05) is 24.3 Å². The van der Waals surface area contributed by atoms with Crippen LogP contribution in [-0.2, 0) is 16.2 Å². The number of nitrogens with one attached hydrogen (secondary N) is 2. The maximum Gasteiger partial charge on any atom is 0.247 e. The molecule has 0 saturated carbocycles. The molecule has 3 heterocycles. The molecule has 0 radical (unpaired) electrons. The first kappa shape index (κ1) is 25.2. The molecule has 1 aliphatic rings. The Morgan fingerprint density at radius 2 is 1.97 bits per heavy atom. The zero-order valence-electron chi connectivity index (χ0n) is 20.4. The summed E-state index contributed by atoms with van der Waals surface area (Å²) in [4.78, 5) is 39.6. The molecular weight excluding hydrogens is 504 g/mol. The third-order valence-electron chi connectivity index (χ3n) is 6.21. The summed E-state index contributed by atoms with van der Waals surface area (Å²) < 4.78 is 5.80. The topological polar surface area (TPSA) is 109 Å². The van der Waals surface area contributed by atoms with Crippen molar-refractivity contribution in [1.82, 2.24) is 19.9 Å². The second-order valence-electron chi connectivity index (χ2n) is 8.72.